The molecule has 1 saturated heterocycles. The summed E-state index contributed by atoms with van der Waals surface area (Å²) in [6, 6.07) is 0.484. The van der Waals surface area contributed by atoms with Crippen molar-refractivity contribution in [2.75, 3.05) is 13.1 Å². The molecule has 2 N–H and O–H groups in total. The maximum absolute atomic E-state index is 10.6. The van der Waals surface area contributed by atoms with Crippen LogP contribution in [0.3, 0.4) is 0 Å². The molecule has 1 aliphatic heterocycles. The van der Waals surface area contributed by atoms with Gasteiger partial charge < -0.3 is 10.6 Å². The molecule has 3 heteroatoms. The number of rotatable bonds is 2. The predicted molar refractivity (Wildman–Crippen MR) is 48.9 cm³/mol. The standard InChI is InChI=1S/C9H18N2O/c1-7-3-4-10-9(5-7)6-11-8(2)12/h7,9-10H,3-6H2,1-2H3,(H,11,12). The molecule has 0 aromatic heterocycles. The molecular formula is C9H18N2O. The van der Waals surface area contributed by atoms with Crippen LogP contribution in [0.15, 0.2) is 0 Å². The van der Waals surface area contributed by atoms with Gasteiger partial charge in [-0.1, -0.05) is 6.92 Å². The zero-order chi connectivity index (χ0) is 8.97. The van der Waals surface area contributed by atoms with Crippen molar-refractivity contribution in [3.8, 4) is 0 Å². The summed E-state index contributed by atoms with van der Waals surface area (Å²) in [4.78, 5) is 10.6. The predicted octanol–water partition coefficient (Wildman–Crippen LogP) is 0.511. The molecule has 1 rings (SSSR count). The minimum absolute atomic E-state index is 0.0648. The fraction of sp³-hybridized carbons (Fsp3) is 0.889. The number of hydrogen-bond acceptors (Lipinski definition) is 2. The second-order valence-corrected chi connectivity index (χ2v) is 3.72. The SMILES string of the molecule is CC(=O)NCC1CC(C)CCN1. The van der Waals surface area contributed by atoms with Gasteiger partial charge in [0.15, 0.2) is 0 Å². The van der Waals surface area contributed by atoms with Crippen molar-refractivity contribution in [2.24, 2.45) is 5.92 Å². The lowest BCUT2D eigenvalue weighted by atomic mass is 9.94. The molecule has 0 aromatic rings. The van der Waals surface area contributed by atoms with E-state index in [1.54, 1.807) is 6.92 Å². The highest BCUT2D eigenvalue weighted by molar-refractivity contribution is 5.72. The summed E-state index contributed by atoms with van der Waals surface area (Å²) >= 11 is 0. The lowest BCUT2D eigenvalue weighted by Gasteiger charge is -2.28. The van der Waals surface area contributed by atoms with Gasteiger partial charge in [-0.05, 0) is 25.3 Å². The molecule has 0 aliphatic carbocycles. The molecule has 1 amide bonds. The Morgan fingerprint density at radius 1 is 1.67 bits per heavy atom. The van der Waals surface area contributed by atoms with Crippen LogP contribution in [0.2, 0.25) is 0 Å². The van der Waals surface area contributed by atoms with Gasteiger partial charge in [-0.15, -0.1) is 0 Å². The fourth-order valence-corrected chi connectivity index (χ4v) is 1.64. The van der Waals surface area contributed by atoms with Crippen LogP contribution in [0, 0.1) is 5.92 Å². The number of piperidine rings is 1. The third-order valence-corrected chi connectivity index (χ3v) is 2.35. The lowest BCUT2D eigenvalue weighted by molar-refractivity contribution is -0.119. The number of carbonyl (C=O) groups is 1. The van der Waals surface area contributed by atoms with Crippen molar-refractivity contribution in [3.63, 3.8) is 0 Å². The van der Waals surface area contributed by atoms with Crippen LogP contribution in [0.25, 0.3) is 0 Å². The molecule has 3 nitrogen and oxygen atoms in total. The summed E-state index contributed by atoms with van der Waals surface area (Å²) in [5, 5.41) is 6.22. The quantitative estimate of drug-likeness (QED) is 0.634. The Balaban J connectivity index is 2.18. The Morgan fingerprint density at radius 2 is 2.42 bits per heavy atom. The minimum Gasteiger partial charge on any atom is -0.355 e. The Morgan fingerprint density at radius 3 is 3.00 bits per heavy atom. The van der Waals surface area contributed by atoms with E-state index in [4.69, 9.17) is 0 Å². The molecule has 70 valence electrons. The van der Waals surface area contributed by atoms with Crippen molar-refractivity contribution in [1.29, 1.82) is 0 Å². The van der Waals surface area contributed by atoms with Crippen LogP contribution in [0.5, 0.6) is 0 Å². The van der Waals surface area contributed by atoms with E-state index < -0.39 is 0 Å². The number of amides is 1. The zero-order valence-electron chi connectivity index (χ0n) is 7.89. The van der Waals surface area contributed by atoms with Crippen LogP contribution in [0.1, 0.15) is 26.7 Å². The van der Waals surface area contributed by atoms with Gasteiger partial charge in [0, 0.05) is 19.5 Å². The average molecular weight is 170 g/mol. The summed E-state index contributed by atoms with van der Waals surface area (Å²) in [6.07, 6.45) is 2.44. The molecule has 0 bridgehead atoms. The first-order valence-corrected chi connectivity index (χ1v) is 4.66. The summed E-state index contributed by atoms with van der Waals surface area (Å²) in [5.41, 5.74) is 0. The average Bonchev–Trinajstić information content (AvgIpc) is 2.01. The van der Waals surface area contributed by atoms with Crippen LogP contribution in [-0.4, -0.2) is 25.0 Å². The second kappa shape index (κ2) is 4.45. The lowest BCUT2D eigenvalue weighted by Crippen LogP contribution is -2.44. The molecule has 2 unspecified atom stereocenters. The number of carbonyl (C=O) groups excluding carboxylic acids is 1. The van der Waals surface area contributed by atoms with E-state index in [1.165, 1.54) is 12.8 Å². The van der Waals surface area contributed by atoms with Gasteiger partial charge in [0.1, 0.15) is 0 Å². The van der Waals surface area contributed by atoms with Crippen molar-refractivity contribution in [2.45, 2.75) is 32.7 Å². The Labute approximate surface area is 73.9 Å². The first-order valence-electron chi connectivity index (χ1n) is 4.66. The first-order chi connectivity index (χ1) is 5.68. The van der Waals surface area contributed by atoms with Crippen LogP contribution < -0.4 is 10.6 Å². The van der Waals surface area contributed by atoms with Crippen LogP contribution >= 0.6 is 0 Å². The van der Waals surface area contributed by atoms with E-state index in [0.29, 0.717) is 6.04 Å². The maximum atomic E-state index is 10.6. The molecule has 2 atom stereocenters. The van der Waals surface area contributed by atoms with Crippen molar-refractivity contribution < 1.29 is 4.79 Å². The molecule has 0 saturated carbocycles. The molecule has 0 spiro atoms. The molecule has 1 fully saturated rings. The Hall–Kier alpha value is -0.570. The first kappa shape index (κ1) is 9.52. The normalized spacial score (nSPS) is 29.8. The van der Waals surface area contributed by atoms with Gasteiger partial charge >= 0.3 is 0 Å². The Bertz CT molecular complexity index is 159. The highest BCUT2D eigenvalue weighted by atomic mass is 16.1. The van der Waals surface area contributed by atoms with Crippen molar-refractivity contribution in [3.05, 3.63) is 0 Å². The molecular weight excluding hydrogens is 152 g/mol. The zero-order valence-corrected chi connectivity index (χ0v) is 7.89. The van der Waals surface area contributed by atoms with Crippen LogP contribution in [0.4, 0.5) is 0 Å². The van der Waals surface area contributed by atoms with E-state index >= 15 is 0 Å². The summed E-state index contributed by atoms with van der Waals surface area (Å²) < 4.78 is 0. The second-order valence-electron chi connectivity index (χ2n) is 3.72. The van der Waals surface area contributed by atoms with Gasteiger partial charge in [-0.2, -0.15) is 0 Å². The molecule has 1 heterocycles. The topological polar surface area (TPSA) is 41.1 Å². The van der Waals surface area contributed by atoms with Gasteiger partial charge in [0.25, 0.3) is 0 Å². The van der Waals surface area contributed by atoms with Crippen molar-refractivity contribution in [1.82, 2.24) is 10.6 Å². The number of nitrogens with one attached hydrogen (secondary N) is 2. The highest BCUT2D eigenvalue weighted by Gasteiger charge is 2.17. The Kier molecular flexibility index (Phi) is 3.53. The van der Waals surface area contributed by atoms with Gasteiger partial charge in [-0.25, -0.2) is 0 Å². The third kappa shape index (κ3) is 3.22. The van der Waals surface area contributed by atoms with E-state index in [0.717, 1.165) is 19.0 Å². The molecule has 0 radical (unpaired) electrons. The highest BCUT2D eigenvalue weighted by Crippen LogP contribution is 2.14. The molecule has 12 heavy (non-hydrogen) atoms. The number of hydrogen-bond donors (Lipinski definition) is 2. The smallest absolute Gasteiger partial charge is 0.216 e. The maximum Gasteiger partial charge on any atom is 0.216 e. The monoisotopic (exact) mass is 170 g/mol. The summed E-state index contributed by atoms with van der Waals surface area (Å²) in [5.74, 6) is 0.861. The van der Waals surface area contributed by atoms with Crippen LogP contribution in [-0.2, 0) is 4.79 Å². The van der Waals surface area contributed by atoms with E-state index in [9.17, 15) is 4.79 Å². The largest absolute Gasteiger partial charge is 0.355 e. The van der Waals surface area contributed by atoms with E-state index in [2.05, 4.69) is 17.6 Å². The molecule has 0 aromatic carbocycles. The van der Waals surface area contributed by atoms with E-state index in [1.807, 2.05) is 0 Å². The van der Waals surface area contributed by atoms with Gasteiger partial charge in [-0.3, -0.25) is 4.79 Å². The molecule has 1 aliphatic rings. The van der Waals surface area contributed by atoms with Gasteiger partial charge in [0.05, 0.1) is 0 Å². The van der Waals surface area contributed by atoms with E-state index in [-0.39, 0.29) is 5.91 Å². The fourth-order valence-electron chi connectivity index (χ4n) is 1.64. The van der Waals surface area contributed by atoms with Crippen molar-refractivity contribution >= 4 is 5.91 Å². The summed E-state index contributed by atoms with van der Waals surface area (Å²) in [6.45, 7) is 5.69. The van der Waals surface area contributed by atoms with Gasteiger partial charge in [0.2, 0.25) is 5.91 Å². The summed E-state index contributed by atoms with van der Waals surface area (Å²) in [7, 11) is 0. The minimum atomic E-state index is 0.0648. The third-order valence-electron chi connectivity index (χ3n) is 2.35.